The van der Waals surface area contributed by atoms with Crippen LogP contribution in [0.4, 0.5) is 0 Å². The molecule has 140 valence electrons. The second-order valence-corrected chi connectivity index (χ2v) is 6.61. The van der Waals surface area contributed by atoms with Crippen LogP contribution in [-0.4, -0.2) is 24.9 Å². The van der Waals surface area contributed by atoms with E-state index in [2.05, 4.69) is 20.2 Å². The molecule has 0 fully saturated rings. The minimum Gasteiger partial charge on any atom is -0.332 e. The molecule has 0 amide bonds. The van der Waals surface area contributed by atoms with E-state index in [0.717, 1.165) is 11.1 Å². The number of fused-ring (bicyclic) bond motifs is 1. The van der Waals surface area contributed by atoms with Crippen molar-refractivity contribution in [3.05, 3.63) is 89.0 Å². The molecule has 7 nitrogen and oxygen atoms in total. The van der Waals surface area contributed by atoms with Gasteiger partial charge >= 0.3 is 0 Å². The third-order valence-electron chi connectivity index (χ3n) is 4.62. The monoisotopic (exact) mass is 381 g/mol. The molecule has 3 aromatic heterocycles. The Morgan fingerprint density at radius 3 is 2.52 bits per heavy atom. The van der Waals surface area contributed by atoms with E-state index >= 15 is 0 Å². The van der Waals surface area contributed by atoms with Crippen LogP contribution in [0, 0.1) is 6.92 Å². The van der Waals surface area contributed by atoms with Crippen LogP contribution >= 0.6 is 0 Å². The molecule has 2 aromatic carbocycles. The van der Waals surface area contributed by atoms with E-state index in [1.54, 1.807) is 30.6 Å². The Labute approximate surface area is 165 Å². The predicted octanol–water partition coefficient (Wildman–Crippen LogP) is 3.81. The van der Waals surface area contributed by atoms with Gasteiger partial charge in [-0.15, -0.1) is 0 Å². The van der Waals surface area contributed by atoms with Crippen LogP contribution in [0.15, 0.2) is 82.4 Å². The molecule has 7 heteroatoms. The van der Waals surface area contributed by atoms with Gasteiger partial charge < -0.3 is 4.52 Å². The lowest BCUT2D eigenvalue weighted by Gasteiger charge is -2.09. The topological polar surface area (TPSA) is 86.7 Å². The summed E-state index contributed by atoms with van der Waals surface area (Å²) >= 11 is 0. The van der Waals surface area contributed by atoms with Crippen molar-refractivity contribution < 1.29 is 4.52 Å². The quantitative estimate of drug-likeness (QED) is 0.472. The number of benzene rings is 2. The van der Waals surface area contributed by atoms with Crippen LogP contribution in [-0.2, 0) is 0 Å². The average molecular weight is 381 g/mol. The summed E-state index contributed by atoms with van der Waals surface area (Å²) in [6, 6.07) is 18.5. The number of hydrogen-bond donors (Lipinski definition) is 0. The number of hydrogen-bond acceptors (Lipinski definition) is 6. The van der Waals surface area contributed by atoms with Gasteiger partial charge in [0.15, 0.2) is 5.69 Å². The summed E-state index contributed by atoms with van der Waals surface area (Å²) < 4.78 is 6.88. The van der Waals surface area contributed by atoms with Crippen LogP contribution in [0.25, 0.3) is 39.4 Å². The van der Waals surface area contributed by atoms with E-state index < -0.39 is 0 Å². The Morgan fingerprint density at radius 1 is 0.931 bits per heavy atom. The van der Waals surface area contributed by atoms with Gasteiger partial charge in [0.05, 0.1) is 11.1 Å². The standard InChI is InChI=1S/C22H15N5O2/c1-14-5-4-6-16(13-14)27-22(28)18-8-3-2-7-17(18)19(25-27)21-24-20(26-29-21)15-9-11-23-12-10-15/h2-13H,1H3. The summed E-state index contributed by atoms with van der Waals surface area (Å²) in [4.78, 5) is 21.6. The van der Waals surface area contributed by atoms with Crippen molar-refractivity contribution in [1.82, 2.24) is 24.9 Å². The molecule has 3 heterocycles. The Morgan fingerprint density at radius 2 is 1.72 bits per heavy atom. The Kier molecular flexibility index (Phi) is 3.98. The van der Waals surface area contributed by atoms with Crippen LogP contribution in [0.1, 0.15) is 5.56 Å². The van der Waals surface area contributed by atoms with Crippen molar-refractivity contribution in [2.75, 3.05) is 0 Å². The maximum absolute atomic E-state index is 13.1. The normalized spacial score (nSPS) is 11.1. The number of rotatable bonds is 3. The van der Waals surface area contributed by atoms with E-state index in [1.807, 2.05) is 49.4 Å². The van der Waals surface area contributed by atoms with Crippen molar-refractivity contribution >= 4 is 10.8 Å². The van der Waals surface area contributed by atoms with Gasteiger partial charge in [-0.25, -0.2) is 0 Å². The molecular formula is C22H15N5O2. The maximum Gasteiger partial charge on any atom is 0.279 e. The first-order valence-electron chi connectivity index (χ1n) is 9.04. The Hall–Kier alpha value is -4.13. The highest BCUT2D eigenvalue weighted by atomic mass is 16.5. The molecule has 0 atom stereocenters. The van der Waals surface area contributed by atoms with Crippen LogP contribution in [0.5, 0.6) is 0 Å². The fraction of sp³-hybridized carbons (Fsp3) is 0.0455. The highest BCUT2D eigenvalue weighted by Crippen LogP contribution is 2.26. The van der Waals surface area contributed by atoms with Gasteiger partial charge in [0.2, 0.25) is 5.82 Å². The molecule has 0 saturated heterocycles. The smallest absolute Gasteiger partial charge is 0.279 e. The van der Waals surface area contributed by atoms with Crippen LogP contribution in [0.2, 0.25) is 0 Å². The molecule has 29 heavy (non-hydrogen) atoms. The zero-order valence-corrected chi connectivity index (χ0v) is 15.5. The summed E-state index contributed by atoms with van der Waals surface area (Å²) in [5.74, 6) is 0.677. The number of aryl methyl sites for hydroxylation is 1. The first-order chi connectivity index (χ1) is 14.2. The fourth-order valence-corrected chi connectivity index (χ4v) is 3.22. The Balaban J connectivity index is 1.75. The van der Waals surface area contributed by atoms with E-state index in [4.69, 9.17) is 4.52 Å². The first kappa shape index (κ1) is 17.0. The molecule has 5 rings (SSSR count). The zero-order valence-electron chi connectivity index (χ0n) is 15.5. The molecule has 0 bridgehead atoms. The van der Waals surface area contributed by atoms with Gasteiger partial charge in [-0.2, -0.15) is 14.8 Å². The highest BCUT2D eigenvalue weighted by molar-refractivity contribution is 5.92. The summed E-state index contributed by atoms with van der Waals surface area (Å²) in [6.45, 7) is 1.97. The minimum absolute atomic E-state index is 0.205. The van der Waals surface area contributed by atoms with Crippen LogP contribution in [0.3, 0.4) is 0 Å². The van der Waals surface area contributed by atoms with Crippen molar-refractivity contribution in [2.45, 2.75) is 6.92 Å². The molecule has 0 aliphatic heterocycles. The first-order valence-corrected chi connectivity index (χ1v) is 9.04. The molecule has 0 unspecified atom stereocenters. The molecule has 0 N–H and O–H groups in total. The summed E-state index contributed by atoms with van der Waals surface area (Å²) in [7, 11) is 0. The third-order valence-corrected chi connectivity index (χ3v) is 4.62. The fourth-order valence-electron chi connectivity index (χ4n) is 3.22. The number of nitrogens with zero attached hydrogens (tertiary/aromatic N) is 5. The van der Waals surface area contributed by atoms with E-state index in [1.165, 1.54) is 4.68 Å². The lowest BCUT2D eigenvalue weighted by Crippen LogP contribution is -2.22. The van der Waals surface area contributed by atoms with Crippen molar-refractivity contribution in [3.8, 4) is 28.7 Å². The van der Waals surface area contributed by atoms with Crippen LogP contribution < -0.4 is 5.56 Å². The molecule has 0 saturated carbocycles. The van der Waals surface area contributed by atoms with Crippen molar-refractivity contribution in [2.24, 2.45) is 0 Å². The van der Waals surface area contributed by atoms with Crippen molar-refractivity contribution in [1.29, 1.82) is 0 Å². The number of aromatic nitrogens is 5. The lowest BCUT2D eigenvalue weighted by atomic mass is 10.1. The van der Waals surface area contributed by atoms with Gasteiger partial charge in [0.25, 0.3) is 11.4 Å². The molecule has 0 radical (unpaired) electrons. The summed E-state index contributed by atoms with van der Waals surface area (Å²) in [6.07, 6.45) is 3.33. The van der Waals surface area contributed by atoms with Gasteiger partial charge in [-0.1, -0.05) is 35.5 Å². The van der Waals surface area contributed by atoms with Gasteiger partial charge in [-0.05, 0) is 42.8 Å². The largest absolute Gasteiger partial charge is 0.332 e. The molecule has 5 aromatic rings. The van der Waals surface area contributed by atoms with Gasteiger partial charge in [-0.3, -0.25) is 9.78 Å². The zero-order chi connectivity index (χ0) is 19.8. The maximum atomic E-state index is 13.1. The molecular weight excluding hydrogens is 366 g/mol. The third kappa shape index (κ3) is 2.98. The summed E-state index contributed by atoms with van der Waals surface area (Å²) in [5, 5.41) is 9.84. The van der Waals surface area contributed by atoms with Gasteiger partial charge in [0.1, 0.15) is 0 Å². The van der Waals surface area contributed by atoms with E-state index in [-0.39, 0.29) is 11.4 Å². The number of pyridine rings is 1. The second kappa shape index (κ2) is 6.79. The minimum atomic E-state index is -0.205. The average Bonchev–Trinajstić information content (AvgIpc) is 3.25. The predicted molar refractivity (Wildman–Crippen MR) is 109 cm³/mol. The molecule has 0 spiro atoms. The van der Waals surface area contributed by atoms with Crippen molar-refractivity contribution in [3.63, 3.8) is 0 Å². The molecule has 0 aliphatic rings. The second-order valence-electron chi connectivity index (χ2n) is 6.61. The Bertz CT molecular complexity index is 1390. The SMILES string of the molecule is Cc1cccc(-n2nc(-c3nc(-c4ccncc4)no3)c3ccccc3c2=O)c1. The lowest BCUT2D eigenvalue weighted by molar-refractivity contribution is 0.430. The van der Waals surface area contributed by atoms with Gasteiger partial charge in [0, 0.05) is 23.3 Å². The van der Waals surface area contributed by atoms with E-state index in [9.17, 15) is 4.79 Å². The molecule has 0 aliphatic carbocycles. The summed E-state index contributed by atoms with van der Waals surface area (Å²) in [5.41, 5.74) is 2.74. The highest BCUT2D eigenvalue weighted by Gasteiger charge is 2.19. The van der Waals surface area contributed by atoms with E-state index in [0.29, 0.717) is 28.0 Å².